The Morgan fingerprint density at radius 2 is 1.91 bits per heavy atom. The van der Waals surface area contributed by atoms with E-state index in [2.05, 4.69) is 15.3 Å². The van der Waals surface area contributed by atoms with Crippen LogP contribution in [0.15, 0.2) is 48.8 Å². The van der Waals surface area contributed by atoms with E-state index in [-0.39, 0.29) is 0 Å². The highest BCUT2D eigenvalue weighted by Gasteiger charge is 2.11. The minimum Gasteiger partial charge on any atom is -0.436 e. The fraction of sp³-hybridized carbons (Fsp3) is 0.176. The molecule has 0 atom stereocenters. The van der Waals surface area contributed by atoms with E-state index in [4.69, 9.17) is 15.2 Å². The third kappa shape index (κ3) is 3.32. The van der Waals surface area contributed by atoms with Gasteiger partial charge in [0, 0.05) is 19.0 Å². The number of nitrogens with zero attached hydrogens (tertiary/aromatic N) is 2. The zero-order valence-electron chi connectivity index (χ0n) is 12.8. The van der Waals surface area contributed by atoms with Gasteiger partial charge in [-0.2, -0.15) is 4.98 Å². The number of hydrogen-bond donors (Lipinski definition) is 2. The van der Waals surface area contributed by atoms with Crippen LogP contribution in [0.2, 0.25) is 0 Å². The number of rotatable bonds is 6. The summed E-state index contributed by atoms with van der Waals surface area (Å²) in [5, 5.41) is 5.19. The summed E-state index contributed by atoms with van der Waals surface area (Å²) in [4.78, 5) is 8.27. The van der Waals surface area contributed by atoms with Crippen LogP contribution in [0.3, 0.4) is 0 Å². The van der Waals surface area contributed by atoms with E-state index in [1.54, 1.807) is 7.11 Å². The summed E-state index contributed by atoms with van der Waals surface area (Å²) < 4.78 is 10.9. The second-order valence-corrected chi connectivity index (χ2v) is 4.94. The monoisotopic (exact) mass is 310 g/mol. The number of methoxy groups -OCH3 is 1. The van der Waals surface area contributed by atoms with Crippen molar-refractivity contribution in [3.63, 3.8) is 0 Å². The molecule has 3 rings (SSSR count). The lowest BCUT2D eigenvalue weighted by Crippen LogP contribution is -2.11. The maximum atomic E-state index is 6.10. The Labute approximate surface area is 134 Å². The van der Waals surface area contributed by atoms with Crippen LogP contribution >= 0.6 is 0 Å². The van der Waals surface area contributed by atoms with Crippen LogP contribution in [0, 0.1) is 0 Å². The topological polar surface area (TPSA) is 82.3 Å². The van der Waals surface area contributed by atoms with Crippen molar-refractivity contribution < 1.29 is 9.47 Å². The summed E-state index contributed by atoms with van der Waals surface area (Å²) in [6.45, 7) is 1.16. The van der Waals surface area contributed by atoms with Gasteiger partial charge in [-0.25, -0.2) is 4.98 Å². The van der Waals surface area contributed by atoms with Crippen LogP contribution < -0.4 is 15.8 Å². The van der Waals surface area contributed by atoms with Gasteiger partial charge in [-0.15, -0.1) is 0 Å². The highest BCUT2D eigenvalue weighted by molar-refractivity contribution is 5.88. The molecule has 6 heteroatoms. The van der Waals surface area contributed by atoms with Crippen molar-refractivity contribution in [1.29, 1.82) is 0 Å². The number of anilines is 2. The molecule has 1 aromatic heterocycles. The van der Waals surface area contributed by atoms with Crippen molar-refractivity contribution in [2.24, 2.45) is 0 Å². The van der Waals surface area contributed by atoms with E-state index in [0.29, 0.717) is 36.3 Å². The quantitative estimate of drug-likeness (QED) is 0.681. The Balaban J connectivity index is 1.89. The molecule has 118 valence electrons. The number of nitrogen functional groups attached to an aromatic ring is 1. The summed E-state index contributed by atoms with van der Waals surface area (Å²) in [7, 11) is 1.64. The van der Waals surface area contributed by atoms with Gasteiger partial charge in [0.1, 0.15) is 17.8 Å². The highest BCUT2D eigenvalue weighted by Crippen LogP contribution is 2.33. The fourth-order valence-corrected chi connectivity index (χ4v) is 2.26. The molecule has 0 saturated heterocycles. The van der Waals surface area contributed by atoms with Crippen LogP contribution in [0.5, 0.6) is 11.6 Å². The number of hydrogen-bond acceptors (Lipinski definition) is 6. The van der Waals surface area contributed by atoms with Crippen molar-refractivity contribution in [2.75, 3.05) is 31.3 Å². The molecule has 0 amide bonds. The van der Waals surface area contributed by atoms with Gasteiger partial charge >= 0.3 is 0 Å². The van der Waals surface area contributed by atoms with Crippen molar-refractivity contribution >= 4 is 22.3 Å². The van der Waals surface area contributed by atoms with E-state index in [1.807, 2.05) is 42.5 Å². The second-order valence-electron chi connectivity index (χ2n) is 4.94. The molecule has 0 radical (unpaired) electrons. The van der Waals surface area contributed by atoms with Gasteiger partial charge in [-0.1, -0.05) is 36.4 Å². The summed E-state index contributed by atoms with van der Waals surface area (Å²) in [5.74, 6) is 1.57. The maximum Gasteiger partial charge on any atom is 0.248 e. The van der Waals surface area contributed by atoms with Crippen molar-refractivity contribution in [3.05, 3.63) is 48.8 Å². The molecule has 0 unspecified atom stereocenters. The first kappa shape index (κ1) is 15.1. The predicted octanol–water partition coefficient (Wildman–Crippen LogP) is 3.06. The third-order valence-corrected chi connectivity index (χ3v) is 3.40. The van der Waals surface area contributed by atoms with Crippen LogP contribution in [0.1, 0.15) is 0 Å². The molecule has 0 bridgehead atoms. The second kappa shape index (κ2) is 6.93. The number of aromatic nitrogens is 2. The lowest BCUT2D eigenvalue weighted by molar-refractivity contribution is 0.210. The molecule has 0 fully saturated rings. The molecular weight excluding hydrogens is 292 g/mol. The molecule has 2 aromatic carbocycles. The zero-order chi connectivity index (χ0) is 16.1. The first-order chi connectivity index (χ1) is 11.3. The molecule has 0 aliphatic heterocycles. The standard InChI is InChI=1S/C17H18N4O2/c1-22-10-9-19-16-15(18)17(21-11-20-16)23-14-8-4-6-12-5-2-3-7-13(12)14/h2-8,11H,9-10,18H2,1H3,(H,19,20,21). The fourth-order valence-electron chi connectivity index (χ4n) is 2.26. The number of ether oxygens (including phenoxy) is 2. The Hall–Kier alpha value is -2.86. The van der Waals surface area contributed by atoms with Crippen LogP contribution in [-0.2, 0) is 4.74 Å². The van der Waals surface area contributed by atoms with Crippen LogP contribution in [-0.4, -0.2) is 30.2 Å². The smallest absolute Gasteiger partial charge is 0.248 e. The molecule has 3 aromatic rings. The number of nitrogens with one attached hydrogen (secondary N) is 1. The molecule has 0 spiro atoms. The van der Waals surface area contributed by atoms with Gasteiger partial charge in [0.2, 0.25) is 5.88 Å². The van der Waals surface area contributed by atoms with Crippen LogP contribution in [0.25, 0.3) is 10.8 Å². The minimum atomic E-state index is 0.330. The third-order valence-electron chi connectivity index (χ3n) is 3.40. The maximum absolute atomic E-state index is 6.10. The largest absolute Gasteiger partial charge is 0.436 e. The molecule has 0 aliphatic carbocycles. The lowest BCUT2D eigenvalue weighted by atomic mass is 10.1. The normalized spacial score (nSPS) is 10.7. The summed E-state index contributed by atoms with van der Waals surface area (Å²) in [6.07, 6.45) is 1.42. The first-order valence-electron chi connectivity index (χ1n) is 7.28. The van der Waals surface area contributed by atoms with E-state index < -0.39 is 0 Å². The Kier molecular flexibility index (Phi) is 4.54. The average molecular weight is 310 g/mol. The summed E-state index contributed by atoms with van der Waals surface area (Å²) >= 11 is 0. The van der Waals surface area contributed by atoms with Gasteiger partial charge < -0.3 is 20.5 Å². The predicted molar refractivity (Wildman–Crippen MR) is 90.8 cm³/mol. The van der Waals surface area contributed by atoms with Gasteiger partial charge in [0.15, 0.2) is 5.82 Å². The number of nitrogens with two attached hydrogens (primary N) is 1. The van der Waals surface area contributed by atoms with Crippen LogP contribution in [0.4, 0.5) is 11.5 Å². The van der Waals surface area contributed by atoms with Gasteiger partial charge in [-0.3, -0.25) is 0 Å². The molecular formula is C17H18N4O2. The Morgan fingerprint density at radius 3 is 2.78 bits per heavy atom. The Morgan fingerprint density at radius 1 is 1.09 bits per heavy atom. The van der Waals surface area contributed by atoms with Crippen molar-refractivity contribution in [2.45, 2.75) is 0 Å². The summed E-state index contributed by atoms with van der Waals surface area (Å²) in [6, 6.07) is 13.8. The van der Waals surface area contributed by atoms with E-state index in [1.165, 1.54) is 6.33 Å². The molecule has 0 aliphatic rings. The number of benzene rings is 2. The first-order valence-corrected chi connectivity index (χ1v) is 7.28. The lowest BCUT2D eigenvalue weighted by Gasteiger charge is -2.12. The highest BCUT2D eigenvalue weighted by atomic mass is 16.5. The summed E-state index contributed by atoms with van der Waals surface area (Å²) in [5.41, 5.74) is 6.48. The van der Waals surface area contributed by atoms with Crippen molar-refractivity contribution in [3.8, 4) is 11.6 Å². The zero-order valence-corrected chi connectivity index (χ0v) is 12.8. The van der Waals surface area contributed by atoms with Gasteiger partial charge in [0.05, 0.1) is 6.61 Å². The SMILES string of the molecule is COCCNc1ncnc(Oc2cccc3ccccc23)c1N. The molecule has 3 N–H and O–H groups in total. The average Bonchev–Trinajstić information content (AvgIpc) is 2.58. The van der Waals surface area contributed by atoms with E-state index in [0.717, 1.165) is 10.8 Å². The number of fused-ring (bicyclic) bond motifs is 1. The molecule has 1 heterocycles. The Bertz CT molecular complexity index is 802. The minimum absolute atomic E-state index is 0.330. The van der Waals surface area contributed by atoms with E-state index in [9.17, 15) is 0 Å². The molecule has 6 nitrogen and oxygen atoms in total. The molecule has 0 saturated carbocycles. The van der Waals surface area contributed by atoms with Crippen molar-refractivity contribution in [1.82, 2.24) is 9.97 Å². The van der Waals surface area contributed by atoms with Gasteiger partial charge in [0.25, 0.3) is 0 Å². The van der Waals surface area contributed by atoms with Gasteiger partial charge in [-0.05, 0) is 11.5 Å². The molecule has 23 heavy (non-hydrogen) atoms. The van der Waals surface area contributed by atoms with E-state index >= 15 is 0 Å².